The van der Waals surface area contributed by atoms with E-state index in [0.717, 1.165) is 31.6 Å². The lowest BCUT2D eigenvalue weighted by molar-refractivity contribution is -0.0732. The van der Waals surface area contributed by atoms with E-state index in [1.165, 1.54) is 12.2 Å². The first kappa shape index (κ1) is 15.6. The van der Waals surface area contributed by atoms with Crippen LogP contribution in [-0.2, 0) is 4.74 Å². The van der Waals surface area contributed by atoms with Crippen LogP contribution in [0.1, 0.15) is 46.5 Å². The molecule has 0 saturated carbocycles. The normalized spacial score (nSPS) is 33.8. The molecule has 2 saturated heterocycles. The SMILES string of the molecule is CC(C)(C)C(CCO)NC1CCOC2(CCSC2)C1. The summed E-state index contributed by atoms with van der Waals surface area (Å²) < 4.78 is 6.07. The van der Waals surface area contributed by atoms with Gasteiger partial charge in [-0.25, -0.2) is 0 Å². The smallest absolute Gasteiger partial charge is 0.0795 e. The third kappa shape index (κ3) is 4.10. The van der Waals surface area contributed by atoms with Crippen molar-refractivity contribution < 1.29 is 9.84 Å². The van der Waals surface area contributed by atoms with Crippen LogP contribution in [-0.4, -0.2) is 47.5 Å². The van der Waals surface area contributed by atoms with Crippen LogP contribution in [0.25, 0.3) is 0 Å². The lowest BCUT2D eigenvalue weighted by Gasteiger charge is -2.42. The molecule has 2 rings (SSSR count). The first-order valence-corrected chi connectivity index (χ1v) is 8.69. The van der Waals surface area contributed by atoms with E-state index >= 15 is 0 Å². The topological polar surface area (TPSA) is 41.5 Å². The summed E-state index contributed by atoms with van der Waals surface area (Å²) in [5, 5.41) is 13.1. The number of aliphatic hydroxyl groups is 1. The van der Waals surface area contributed by atoms with Crippen molar-refractivity contribution in [1.29, 1.82) is 0 Å². The second-order valence-corrected chi connectivity index (χ2v) is 8.23. The van der Waals surface area contributed by atoms with Gasteiger partial charge in [0.1, 0.15) is 0 Å². The Balaban J connectivity index is 1.93. The molecule has 3 unspecified atom stereocenters. The van der Waals surface area contributed by atoms with E-state index in [1.54, 1.807) is 0 Å². The maximum absolute atomic E-state index is 9.27. The lowest BCUT2D eigenvalue weighted by atomic mass is 9.82. The zero-order valence-corrected chi connectivity index (χ0v) is 13.4. The second kappa shape index (κ2) is 6.33. The maximum atomic E-state index is 9.27. The number of aliphatic hydroxyl groups excluding tert-OH is 1. The highest BCUT2D eigenvalue weighted by Crippen LogP contribution is 2.38. The second-order valence-electron chi connectivity index (χ2n) is 7.12. The molecule has 112 valence electrons. The minimum atomic E-state index is 0.141. The van der Waals surface area contributed by atoms with Crippen LogP contribution in [0.3, 0.4) is 0 Å². The van der Waals surface area contributed by atoms with E-state index in [9.17, 15) is 5.11 Å². The molecule has 2 heterocycles. The molecule has 1 spiro atoms. The highest BCUT2D eigenvalue weighted by atomic mass is 32.2. The fraction of sp³-hybridized carbons (Fsp3) is 1.00. The number of hydrogen-bond acceptors (Lipinski definition) is 4. The Bertz CT molecular complexity index is 284. The van der Waals surface area contributed by atoms with Gasteiger partial charge >= 0.3 is 0 Å². The van der Waals surface area contributed by atoms with Crippen molar-refractivity contribution in [2.45, 2.75) is 64.1 Å². The molecule has 0 aliphatic carbocycles. The van der Waals surface area contributed by atoms with Crippen LogP contribution in [0.2, 0.25) is 0 Å². The number of hydrogen-bond donors (Lipinski definition) is 2. The van der Waals surface area contributed by atoms with E-state index in [2.05, 4.69) is 26.1 Å². The minimum Gasteiger partial charge on any atom is -0.396 e. The Kier molecular flexibility index (Phi) is 5.21. The summed E-state index contributed by atoms with van der Waals surface area (Å²) in [7, 11) is 0. The van der Waals surface area contributed by atoms with Crippen molar-refractivity contribution in [3.8, 4) is 0 Å². The number of ether oxygens (including phenoxy) is 1. The Morgan fingerprint density at radius 1 is 1.47 bits per heavy atom. The molecule has 4 heteroatoms. The fourth-order valence-electron chi connectivity index (χ4n) is 3.21. The molecule has 2 N–H and O–H groups in total. The fourth-order valence-corrected chi connectivity index (χ4v) is 4.59. The third-order valence-corrected chi connectivity index (χ3v) is 5.68. The summed E-state index contributed by atoms with van der Waals surface area (Å²) in [5.41, 5.74) is 0.334. The van der Waals surface area contributed by atoms with Crippen LogP contribution >= 0.6 is 11.8 Å². The van der Waals surface area contributed by atoms with Gasteiger partial charge in [-0.3, -0.25) is 0 Å². The van der Waals surface area contributed by atoms with Gasteiger partial charge in [0.05, 0.1) is 5.60 Å². The summed E-state index contributed by atoms with van der Waals surface area (Å²) in [4.78, 5) is 0. The summed E-state index contributed by atoms with van der Waals surface area (Å²) >= 11 is 2.02. The van der Waals surface area contributed by atoms with Crippen molar-refractivity contribution in [1.82, 2.24) is 5.32 Å². The molecule has 0 radical (unpaired) electrons. The van der Waals surface area contributed by atoms with Gasteiger partial charge in [0.25, 0.3) is 0 Å². The van der Waals surface area contributed by atoms with E-state index < -0.39 is 0 Å². The molecule has 19 heavy (non-hydrogen) atoms. The Morgan fingerprint density at radius 2 is 2.26 bits per heavy atom. The zero-order valence-electron chi connectivity index (χ0n) is 12.6. The Hall–Kier alpha value is 0.230. The van der Waals surface area contributed by atoms with Crippen molar-refractivity contribution >= 4 is 11.8 Å². The van der Waals surface area contributed by atoms with Crippen LogP contribution < -0.4 is 5.32 Å². The van der Waals surface area contributed by atoms with E-state index in [4.69, 9.17) is 4.74 Å². The minimum absolute atomic E-state index is 0.141. The van der Waals surface area contributed by atoms with Crippen LogP contribution in [0.4, 0.5) is 0 Å². The highest BCUT2D eigenvalue weighted by Gasteiger charge is 2.41. The van der Waals surface area contributed by atoms with E-state index in [0.29, 0.717) is 12.1 Å². The van der Waals surface area contributed by atoms with Gasteiger partial charge in [-0.05, 0) is 36.9 Å². The van der Waals surface area contributed by atoms with Gasteiger partial charge in [0, 0.05) is 31.1 Å². The molecular formula is C15H29NO2S. The third-order valence-electron chi connectivity index (χ3n) is 4.46. The average Bonchev–Trinajstić information content (AvgIpc) is 2.76. The molecule has 0 aromatic carbocycles. The molecule has 0 aromatic rings. The predicted molar refractivity (Wildman–Crippen MR) is 81.7 cm³/mol. The van der Waals surface area contributed by atoms with E-state index in [1.807, 2.05) is 11.8 Å². The molecule has 2 aliphatic heterocycles. The standard InChI is InChI=1S/C15H29NO2S/c1-14(2,3)13(4-7-17)16-12-5-8-18-15(10-12)6-9-19-11-15/h12-13,16-17H,4-11H2,1-3H3. The van der Waals surface area contributed by atoms with Gasteiger partial charge < -0.3 is 15.2 Å². The van der Waals surface area contributed by atoms with Gasteiger partial charge in [-0.15, -0.1) is 0 Å². The van der Waals surface area contributed by atoms with Crippen LogP contribution in [0, 0.1) is 5.41 Å². The first-order chi connectivity index (χ1) is 8.95. The molecule has 3 nitrogen and oxygen atoms in total. The van der Waals surface area contributed by atoms with E-state index in [-0.39, 0.29) is 17.6 Å². The number of thioether (sulfide) groups is 1. The molecule has 0 aromatic heterocycles. The Morgan fingerprint density at radius 3 is 2.84 bits per heavy atom. The monoisotopic (exact) mass is 287 g/mol. The molecule has 2 aliphatic rings. The number of rotatable bonds is 4. The maximum Gasteiger partial charge on any atom is 0.0795 e. The van der Waals surface area contributed by atoms with Gasteiger partial charge in [-0.1, -0.05) is 20.8 Å². The zero-order chi connectivity index (χ0) is 13.9. The van der Waals surface area contributed by atoms with Crippen LogP contribution in [0.5, 0.6) is 0 Å². The Labute approximate surface area is 121 Å². The molecule has 2 fully saturated rings. The van der Waals surface area contributed by atoms with Crippen molar-refractivity contribution in [3.63, 3.8) is 0 Å². The average molecular weight is 287 g/mol. The van der Waals surface area contributed by atoms with Crippen molar-refractivity contribution in [2.75, 3.05) is 24.7 Å². The highest BCUT2D eigenvalue weighted by molar-refractivity contribution is 7.99. The number of nitrogens with one attached hydrogen (secondary N) is 1. The summed E-state index contributed by atoms with van der Waals surface area (Å²) in [6, 6.07) is 0.926. The summed E-state index contributed by atoms with van der Waals surface area (Å²) in [5.74, 6) is 2.40. The molecular weight excluding hydrogens is 258 g/mol. The molecule has 3 atom stereocenters. The predicted octanol–water partition coefficient (Wildman–Crippen LogP) is 2.43. The quantitative estimate of drug-likeness (QED) is 0.833. The van der Waals surface area contributed by atoms with Gasteiger partial charge in [-0.2, -0.15) is 11.8 Å². The molecule has 0 bridgehead atoms. The summed E-state index contributed by atoms with van der Waals surface area (Å²) in [6.07, 6.45) is 4.28. The van der Waals surface area contributed by atoms with Crippen LogP contribution in [0.15, 0.2) is 0 Å². The lowest BCUT2D eigenvalue weighted by Crippen LogP contribution is -2.53. The largest absolute Gasteiger partial charge is 0.396 e. The summed E-state index contributed by atoms with van der Waals surface area (Å²) in [6.45, 7) is 7.90. The van der Waals surface area contributed by atoms with Gasteiger partial charge in [0.2, 0.25) is 0 Å². The van der Waals surface area contributed by atoms with Crippen molar-refractivity contribution in [2.24, 2.45) is 5.41 Å². The van der Waals surface area contributed by atoms with Crippen molar-refractivity contribution in [3.05, 3.63) is 0 Å². The van der Waals surface area contributed by atoms with Gasteiger partial charge in [0.15, 0.2) is 0 Å². The first-order valence-electron chi connectivity index (χ1n) is 7.54. The molecule has 0 amide bonds.